The number of nitrogens with two attached hydrogens (primary N) is 1. The third-order valence-corrected chi connectivity index (χ3v) is 4.60. The first-order valence-corrected chi connectivity index (χ1v) is 7.62. The summed E-state index contributed by atoms with van der Waals surface area (Å²) in [4.78, 5) is 0. The van der Waals surface area contributed by atoms with Crippen LogP contribution in [0.3, 0.4) is 0 Å². The summed E-state index contributed by atoms with van der Waals surface area (Å²) in [5.74, 6) is 1.56. The second-order valence-electron chi connectivity index (χ2n) is 5.88. The molecule has 2 rings (SSSR count). The van der Waals surface area contributed by atoms with Gasteiger partial charge in [0.15, 0.2) is 0 Å². The largest absolute Gasteiger partial charge is 0.381 e. The topological polar surface area (TPSA) is 35.2 Å². The summed E-state index contributed by atoms with van der Waals surface area (Å²) in [5, 5.41) is 0. The van der Waals surface area contributed by atoms with Crippen molar-refractivity contribution in [2.45, 2.75) is 45.1 Å². The SMILES string of the molecule is CCC(C)C(c1ccccc1)C(N)C1CCCOC1. The lowest BCUT2D eigenvalue weighted by molar-refractivity contribution is 0.0380. The Morgan fingerprint density at radius 2 is 2.05 bits per heavy atom. The number of ether oxygens (including phenoxy) is 1. The zero-order valence-corrected chi connectivity index (χ0v) is 12.2. The number of hydrogen-bond acceptors (Lipinski definition) is 2. The predicted molar refractivity (Wildman–Crippen MR) is 80.2 cm³/mol. The molecule has 4 unspecified atom stereocenters. The van der Waals surface area contributed by atoms with E-state index < -0.39 is 0 Å². The molecule has 0 radical (unpaired) electrons. The third kappa shape index (κ3) is 3.58. The monoisotopic (exact) mass is 261 g/mol. The molecule has 19 heavy (non-hydrogen) atoms. The van der Waals surface area contributed by atoms with Gasteiger partial charge in [-0.2, -0.15) is 0 Å². The van der Waals surface area contributed by atoms with Crippen LogP contribution >= 0.6 is 0 Å². The minimum atomic E-state index is 0.206. The minimum Gasteiger partial charge on any atom is -0.381 e. The van der Waals surface area contributed by atoms with Gasteiger partial charge in [-0.05, 0) is 30.2 Å². The Labute approximate surface area is 117 Å². The summed E-state index contributed by atoms with van der Waals surface area (Å²) in [6.45, 7) is 6.31. The first kappa shape index (κ1) is 14.5. The van der Waals surface area contributed by atoms with Gasteiger partial charge in [0, 0.05) is 18.6 Å². The van der Waals surface area contributed by atoms with E-state index in [0.29, 0.717) is 17.8 Å². The van der Waals surface area contributed by atoms with Gasteiger partial charge in [0.25, 0.3) is 0 Å². The van der Waals surface area contributed by atoms with Crippen molar-refractivity contribution in [1.29, 1.82) is 0 Å². The molecule has 0 aromatic heterocycles. The molecule has 1 heterocycles. The molecule has 4 atom stereocenters. The fraction of sp³-hybridized carbons (Fsp3) is 0.647. The maximum absolute atomic E-state index is 6.62. The molecule has 2 heteroatoms. The number of rotatable bonds is 5. The highest BCUT2D eigenvalue weighted by Gasteiger charge is 2.31. The van der Waals surface area contributed by atoms with Crippen LogP contribution in [-0.4, -0.2) is 19.3 Å². The van der Waals surface area contributed by atoms with Crippen LogP contribution in [0.2, 0.25) is 0 Å². The first-order chi connectivity index (χ1) is 9.24. The van der Waals surface area contributed by atoms with Crippen molar-refractivity contribution in [3.8, 4) is 0 Å². The summed E-state index contributed by atoms with van der Waals surface area (Å²) >= 11 is 0. The quantitative estimate of drug-likeness (QED) is 0.879. The van der Waals surface area contributed by atoms with E-state index in [1.165, 1.54) is 18.4 Å². The fourth-order valence-electron chi connectivity index (χ4n) is 3.22. The summed E-state index contributed by atoms with van der Waals surface area (Å²) in [6.07, 6.45) is 3.53. The first-order valence-electron chi connectivity index (χ1n) is 7.62. The Morgan fingerprint density at radius 3 is 2.63 bits per heavy atom. The number of benzene rings is 1. The lowest BCUT2D eigenvalue weighted by Gasteiger charge is -2.36. The molecule has 2 N–H and O–H groups in total. The van der Waals surface area contributed by atoms with Gasteiger partial charge in [-0.15, -0.1) is 0 Å². The van der Waals surface area contributed by atoms with Crippen LogP contribution in [0.25, 0.3) is 0 Å². The zero-order valence-electron chi connectivity index (χ0n) is 12.2. The molecule has 1 saturated heterocycles. The van der Waals surface area contributed by atoms with Crippen molar-refractivity contribution in [1.82, 2.24) is 0 Å². The van der Waals surface area contributed by atoms with Crippen molar-refractivity contribution in [2.75, 3.05) is 13.2 Å². The molecular weight excluding hydrogens is 234 g/mol. The molecule has 0 bridgehead atoms. The highest BCUT2D eigenvalue weighted by atomic mass is 16.5. The van der Waals surface area contributed by atoms with Crippen molar-refractivity contribution >= 4 is 0 Å². The molecule has 1 aromatic rings. The van der Waals surface area contributed by atoms with Gasteiger partial charge in [-0.3, -0.25) is 0 Å². The molecule has 1 fully saturated rings. The molecular formula is C17H27NO. The van der Waals surface area contributed by atoms with Crippen molar-refractivity contribution in [3.63, 3.8) is 0 Å². The summed E-state index contributed by atoms with van der Waals surface area (Å²) in [7, 11) is 0. The Hall–Kier alpha value is -0.860. The fourth-order valence-corrected chi connectivity index (χ4v) is 3.22. The van der Waals surface area contributed by atoms with Gasteiger partial charge >= 0.3 is 0 Å². The van der Waals surface area contributed by atoms with Crippen LogP contribution in [0.5, 0.6) is 0 Å². The molecule has 1 aromatic carbocycles. The second-order valence-corrected chi connectivity index (χ2v) is 5.88. The van der Waals surface area contributed by atoms with Gasteiger partial charge < -0.3 is 10.5 Å². The van der Waals surface area contributed by atoms with Gasteiger partial charge in [-0.1, -0.05) is 50.6 Å². The third-order valence-electron chi connectivity index (χ3n) is 4.60. The van der Waals surface area contributed by atoms with E-state index in [4.69, 9.17) is 10.5 Å². The van der Waals surface area contributed by atoms with E-state index in [-0.39, 0.29) is 6.04 Å². The van der Waals surface area contributed by atoms with Crippen LogP contribution in [-0.2, 0) is 4.74 Å². The molecule has 1 aliphatic heterocycles. The molecule has 2 nitrogen and oxygen atoms in total. The molecule has 1 aliphatic rings. The predicted octanol–water partition coefficient (Wildman–Crippen LogP) is 3.57. The summed E-state index contributed by atoms with van der Waals surface area (Å²) < 4.78 is 5.62. The molecule has 0 spiro atoms. The normalized spacial score (nSPS) is 24.7. The van der Waals surface area contributed by atoms with Gasteiger partial charge in [0.1, 0.15) is 0 Å². The van der Waals surface area contributed by atoms with Crippen LogP contribution < -0.4 is 5.73 Å². The Bertz CT molecular complexity index is 359. The number of hydrogen-bond donors (Lipinski definition) is 1. The minimum absolute atomic E-state index is 0.206. The van der Waals surface area contributed by atoms with E-state index >= 15 is 0 Å². The molecule has 0 aliphatic carbocycles. The standard InChI is InChI=1S/C17H27NO/c1-3-13(2)16(14-8-5-4-6-9-14)17(18)15-10-7-11-19-12-15/h4-6,8-9,13,15-17H,3,7,10-12,18H2,1-2H3. The van der Waals surface area contributed by atoms with Gasteiger partial charge in [-0.25, -0.2) is 0 Å². The lowest BCUT2D eigenvalue weighted by Crippen LogP contribution is -2.42. The summed E-state index contributed by atoms with van der Waals surface area (Å²) in [6, 6.07) is 11.0. The maximum atomic E-state index is 6.62. The highest BCUT2D eigenvalue weighted by molar-refractivity contribution is 5.22. The van der Waals surface area contributed by atoms with E-state index in [9.17, 15) is 0 Å². The molecule has 0 saturated carbocycles. The zero-order chi connectivity index (χ0) is 13.7. The second kappa shape index (κ2) is 7.06. The smallest absolute Gasteiger partial charge is 0.0509 e. The van der Waals surface area contributed by atoms with E-state index in [0.717, 1.165) is 19.6 Å². The maximum Gasteiger partial charge on any atom is 0.0509 e. The Morgan fingerprint density at radius 1 is 1.32 bits per heavy atom. The van der Waals surface area contributed by atoms with Crippen LogP contribution in [0.15, 0.2) is 30.3 Å². The van der Waals surface area contributed by atoms with Crippen LogP contribution in [0.4, 0.5) is 0 Å². The molecule has 0 amide bonds. The molecule has 106 valence electrons. The van der Waals surface area contributed by atoms with E-state index in [2.05, 4.69) is 44.2 Å². The Balaban J connectivity index is 2.17. The van der Waals surface area contributed by atoms with E-state index in [1.54, 1.807) is 0 Å². The van der Waals surface area contributed by atoms with Crippen molar-refractivity contribution in [3.05, 3.63) is 35.9 Å². The van der Waals surface area contributed by atoms with Crippen molar-refractivity contribution < 1.29 is 4.74 Å². The average Bonchev–Trinajstić information content (AvgIpc) is 2.49. The van der Waals surface area contributed by atoms with Gasteiger partial charge in [0.2, 0.25) is 0 Å². The van der Waals surface area contributed by atoms with Crippen LogP contribution in [0.1, 0.15) is 44.6 Å². The Kier molecular flexibility index (Phi) is 5.41. The van der Waals surface area contributed by atoms with Gasteiger partial charge in [0.05, 0.1) is 6.61 Å². The highest BCUT2D eigenvalue weighted by Crippen LogP contribution is 2.34. The summed E-state index contributed by atoms with van der Waals surface area (Å²) in [5.41, 5.74) is 8.01. The van der Waals surface area contributed by atoms with E-state index in [1.807, 2.05) is 0 Å². The average molecular weight is 261 g/mol. The lowest BCUT2D eigenvalue weighted by atomic mass is 9.74. The van der Waals surface area contributed by atoms with Crippen molar-refractivity contribution in [2.24, 2.45) is 17.6 Å². The van der Waals surface area contributed by atoms with Crippen LogP contribution in [0, 0.1) is 11.8 Å².